The molecule has 0 aliphatic carbocycles. The SMILES string of the molecule is CNC1c2ccccc2CSc2sccc21.O=C(O)/C=C\C(=O)O. The van der Waals surface area contributed by atoms with Gasteiger partial charge in [-0.15, -0.1) is 23.1 Å². The third-order valence-corrected chi connectivity index (χ3v) is 5.67. The summed E-state index contributed by atoms with van der Waals surface area (Å²) in [5, 5.41) is 21.3. The van der Waals surface area contributed by atoms with Crippen LogP contribution in [0.25, 0.3) is 0 Å². The second-order valence-electron chi connectivity index (χ2n) is 4.88. The van der Waals surface area contributed by atoms with E-state index in [9.17, 15) is 9.59 Å². The van der Waals surface area contributed by atoms with Gasteiger partial charge in [0.05, 0.1) is 10.3 Å². The van der Waals surface area contributed by atoms with Crippen LogP contribution in [0.4, 0.5) is 0 Å². The average Bonchev–Trinajstić information content (AvgIpc) is 2.96. The number of hydrogen-bond donors (Lipinski definition) is 3. The van der Waals surface area contributed by atoms with Crippen LogP contribution >= 0.6 is 23.1 Å². The van der Waals surface area contributed by atoms with Gasteiger partial charge in [0.15, 0.2) is 0 Å². The molecular formula is C17H17NO4S2. The lowest BCUT2D eigenvalue weighted by Crippen LogP contribution is -2.17. The van der Waals surface area contributed by atoms with Gasteiger partial charge in [-0.05, 0) is 35.2 Å². The molecule has 0 spiro atoms. The van der Waals surface area contributed by atoms with Gasteiger partial charge in [0.1, 0.15) is 0 Å². The van der Waals surface area contributed by atoms with Crippen LogP contribution in [-0.4, -0.2) is 29.2 Å². The van der Waals surface area contributed by atoms with E-state index >= 15 is 0 Å². The maximum atomic E-state index is 9.55. The average molecular weight is 363 g/mol. The third kappa shape index (κ3) is 4.70. The Kier molecular flexibility index (Phi) is 6.60. The van der Waals surface area contributed by atoms with Crippen LogP contribution in [0.3, 0.4) is 0 Å². The van der Waals surface area contributed by atoms with Crippen molar-refractivity contribution in [3.05, 3.63) is 64.6 Å². The lowest BCUT2D eigenvalue weighted by molar-refractivity contribution is -0.134. The molecule has 1 aliphatic heterocycles. The molecule has 0 bridgehead atoms. The van der Waals surface area contributed by atoms with E-state index in [-0.39, 0.29) is 0 Å². The summed E-state index contributed by atoms with van der Waals surface area (Å²) in [4.78, 5) is 19.1. The highest BCUT2D eigenvalue weighted by molar-refractivity contribution is 8.00. The molecule has 1 unspecified atom stereocenters. The van der Waals surface area contributed by atoms with Gasteiger partial charge in [0.2, 0.25) is 0 Å². The van der Waals surface area contributed by atoms with Crippen molar-refractivity contribution in [1.82, 2.24) is 5.32 Å². The van der Waals surface area contributed by atoms with E-state index in [1.165, 1.54) is 20.9 Å². The Labute approximate surface area is 148 Å². The molecule has 126 valence electrons. The van der Waals surface area contributed by atoms with E-state index in [0.29, 0.717) is 18.2 Å². The number of benzene rings is 1. The number of fused-ring (bicyclic) bond motifs is 2. The number of carbonyl (C=O) groups is 2. The van der Waals surface area contributed by atoms with Crippen LogP contribution in [0, 0.1) is 0 Å². The zero-order chi connectivity index (χ0) is 17.5. The monoisotopic (exact) mass is 363 g/mol. The predicted molar refractivity (Wildman–Crippen MR) is 95.6 cm³/mol. The van der Waals surface area contributed by atoms with Crippen molar-refractivity contribution in [2.24, 2.45) is 0 Å². The number of carboxylic acids is 2. The van der Waals surface area contributed by atoms with E-state index in [4.69, 9.17) is 10.2 Å². The minimum Gasteiger partial charge on any atom is -0.478 e. The lowest BCUT2D eigenvalue weighted by atomic mass is 9.97. The first-order chi connectivity index (χ1) is 11.5. The van der Waals surface area contributed by atoms with Crippen LogP contribution in [-0.2, 0) is 15.3 Å². The number of thiophene rings is 1. The summed E-state index contributed by atoms with van der Waals surface area (Å²) in [5.41, 5.74) is 4.31. The number of nitrogens with one attached hydrogen (secondary N) is 1. The van der Waals surface area contributed by atoms with Gasteiger partial charge in [-0.25, -0.2) is 9.59 Å². The Morgan fingerprint density at radius 3 is 2.42 bits per heavy atom. The molecule has 3 N–H and O–H groups in total. The number of thioether (sulfide) groups is 1. The Bertz CT molecular complexity index is 739. The number of carboxylic acid groups (broad SMARTS) is 2. The first kappa shape index (κ1) is 18.3. The summed E-state index contributed by atoms with van der Waals surface area (Å²) in [6.45, 7) is 0. The predicted octanol–water partition coefficient (Wildman–Crippen LogP) is 3.37. The van der Waals surface area contributed by atoms with Crippen LogP contribution in [0.2, 0.25) is 0 Å². The molecule has 7 heteroatoms. The molecule has 2 heterocycles. The molecule has 1 aromatic carbocycles. The molecule has 1 aliphatic rings. The fraction of sp³-hybridized carbons (Fsp3) is 0.176. The molecule has 1 atom stereocenters. The summed E-state index contributed by atoms with van der Waals surface area (Å²) in [6, 6.07) is 11.3. The van der Waals surface area contributed by atoms with Crippen molar-refractivity contribution in [3.8, 4) is 0 Å². The highest BCUT2D eigenvalue weighted by Crippen LogP contribution is 2.41. The molecule has 0 amide bonds. The Morgan fingerprint density at radius 1 is 1.12 bits per heavy atom. The van der Waals surface area contributed by atoms with Crippen LogP contribution in [0.1, 0.15) is 22.7 Å². The van der Waals surface area contributed by atoms with Gasteiger partial charge in [-0.1, -0.05) is 24.3 Å². The van der Waals surface area contributed by atoms with Crippen molar-refractivity contribution >= 4 is 35.0 Å². The Hall–Kier alpha value is -2.09. The summed E-state index contributed by atoms with van der Waals surface area (Å²) in [5.74, 6) is -1.43. The minimum absolute atomic E-state index is 0.354. The summed E-state index contributed by atoms with van der Waals surface area (Å²) in [6.07, 6.45) is 1.12. The highest BCUT2D eigenvalue weighted by atomic mass is 32.2. The number of aliphatic carboxylic acids is 2. The molecule has 3 rings (SSSR count). The quantitative estimate of drug-likeness (QED) is 0.725. The van der Waals surface area contributed by atoms with Gasteiger partial charge in [0, 0.05) is 17.9 Å². The standard InChI is InChI=1S/C13H13NS2.C4H4O4/c1-14-12-10-5-3-2-4-9(10)8-16-13-11(12)6-7-15-13;5-3(6)1-2-4(7)8/h2-7,12,14H,8H2,1H3;1-2H,(H,5,6)(H,7,8)/b;2-1-. The lowest BCUT2D eigenvalue weighted by Gasteiger charge is -2.17. The van der Waals surface area contributed by atoms with E-state index < -0.39 is 11.9 Å². The smallest absolute Gasteiger partial charge is 0.328 e. The third-order valence-electron chi connectivity index (χ3n) is 3.35. The van der Waals surface area contributed by atoms with Gasteiger partial charge in [-0.3, -0.25) is 0 Å². The van der Waals surface area contributed by atoms with Crippen molar-refractivity contribution in [2.75, 3.05) is 7.05 Å². The second kappa shape index (κ2) is 8.68. The fourth-order valence-electron chi connectivity index (χ4n) is 2.35. The van der Waals surface area contributed by atoms with Gasteiger partial charge in [-0.2, -0.15) is 0 Å². The maximum Gasteiger partial charge on any atom is 0.328 e. The van der Waals surface area contributed by atoms with Gasteiger partial charge < -0.3 is 15.5 Å². The summed E-state index contributed by atoms with van der Waals surface area (Å²) >= 11 is 3.81. The maximum absolute atomic E-state index is 9.55. The number of rotatable bonds is 3. The van der Waals surface area contributed by atoms with E-state index in [0.717, 1.165) is 5.75 Å². The number of hydrogen-bond acceptors (Lipinski definition) is 5. The molecule has 5 nitrogen and oxygen atoms in total. The van der Waals surface area contributed by atoms with E-state index in [1.54, 1.807) is 0 Å². The molecule has 24 heavy (non-hydrogen) atoms. The molecule has 2 aromatic rings. The Balaban J connectivity index is 0.000000224. The first-order valence-corrected chi connectivity index (χ1v) is 8.98. The zero-order valence-electron chi connectivity index (χ0n) is 12.9. The zero-order valence-corrected chi connectivity index (χ0v) is 14.6. The Morgan fingerprint density at radius 2 is 1.79 bits per heavy atom. The molecule has 0 radical (unpaired) electrons. The minimum atomic E-state index is -1.26. The summed E-state index contributed by atoms with van der Waals surface area (Å²) in [7, 11) is 2.04. The van der Waals surface area contributed by atoms with Crippen LogP contribution in [0.15, 0.2) is 52.1 Å². The fourth-order valence-corrected chi connectivity index (χ4v) is 4.53. The molecule has 0 saturated carbocycles. The van der Waals surface area contributed by atoms with Crippen molar-refractivity contribution < 1.29 is 19.8 Å². The van der Waals surface area contributed by atoms with Crippen molar-refractivity contribution in [3.63, 3.8) is 0 Å². The van der Waals surface area contributed by atoms with E-state index in [1.807, 2.05) is 30.1 Å². The molecular weight excluding hydrogens is 346 g/mol. The van der Waals surface area contributed by atoms with Gasteiger partial charge >= 0.3 is 11.9 Å². The van der Waals surface area contributed by atoms with Crippen molar-refractivity contribution in [2.45, 2.75) is 16.0 Å². The highest BCUT2D eigenvalue weighted by Gasteiger charge is 2.22. The molecule has 0 fully saturated rings. The van der Waals surface area contributed by atoms with Crippen molar-refractivity contribution in [1.29, 1.82) is 0 Å². The second-order valence-corrected chi connectivity index (χ2v) is 7.04. The normalized spacial score (nSPS) is 15.6. The largest absolute Gasteiger partial charge is 0.478 e. The summed E-state index contributed by atoms with van der Waals surface area (Å²) < 4.78 is 1.45. The van der Waals surface area contributed by atoms with Crippen LogP contribution < -0.4 is 5.32 Å². The van der Waals surface area contributed by atoms with E-state index in [2.05, 4.69) is 41.0 Å². The van der Waals surface area contributed by atoms with Crippen LogP contribution in [0.5, 0.6) is 0 Å². The first-order valence-electron chi connectivity index (χ1n) is 7.12. The molecule has 0 saturated heterocycles. The molecule has 1 aromatic heterocycles. The van der Waals surface area contributed by atoms with Gasteiger partial charge in [0.25, 0.3) is 0 Å². The topological polar surface area (TPSA) is 86.6 Å².